The first-order chi connectivity index (χ1) is 13.1. The van der Waals surface area contributed by atoms with Crippen molar-refractivity contribution < 1.29 is 14.3 Å². The molecule has 0 aromatic heterocycles. The largest absolute Gasteiger partial charge is 0.493 e. The summed E-state index contributed by atoms with van der Waals surface area (Å²) >= 11 is 6.23. The number of hydrazone groups is 1. The van der Waals surface area contributed by atoms with Gasteiger partial charge in [0.15, 0.2) is 11.5 Å². The Kier molecular flexibility index (Phi) is 5.94. The molecular weight excluding hydrogens is 364 g/mol. The summed E-state index contributed by atoms with van der Waals surface area (Å²) in [6.07, 6.45) is 1.50. The molecule has 0 spiro atoms. The minimum Gasteiger partial charge on any atom is -0.493 e. The Morgan fingerprint density at radius 2 is 1.93 bits per heavy atom. The molecule has 3 rings (SSSR count). The van der Waals surface area contributed by atoms with Gasteiger partial charge in [0.2, 0.25) is 0 Å². The van der Waals surface area contributed by atoms with Gasteiger partial charge in [0.05, 0.1) is 25.0 Å². The fourth-order valence-corrected chi connectivity index (χ4v) is 2.93. The number of fused-ring (bicyclic) bond motifs is 1. The quantitative estimate of drug-likeness (QED) is 0.498. The molecule has 0 saturated carbocycles. The molecule has 5 nitrogen and oxygen atoms in total. The molecule has 0 aliphatic rings. The number of nitrogens with one attached hydrogen (secondary N) is 1. The SMILES string of the molecule is CCOc1c(Cl)cc(/C=N\NC(=O)c2ccc3ccccc3c2)cc1OC. The minimum atomic E-state index is -0.291. The van der Waals surface area contributed by atoms with E-state index in [4.69, 9.17) is 21.1 Å². The summed E-state index contributed by atoms with van der Waals surface area (Å²) in [7, 11) is 1.54. The number of hydrogen-bond acceptors (Lipinski definition) is 4. The topological polar surface area (TPSA) is 59.9 Å². The third kappa shape index (κ3) is 4.38. The zero-order chi connectivity index (χ0) is 19.2. The fourth-order valence-electron chi connectivity index (χ4n) is 2.66. The highest BCUT2D eigenvalue weighted by Gasteiger charge is 2.11. The average Bonchev–Trinajstić information content (AvgIpc) is 2.69. The average molecular weight is 383 g/mol. The summed E-state index contributed by atoms with van der Waals surface area (Å²) in [5.41, 5.74) is 3.74. The molecular formula is C21H19ClN2O3. The molecule has 0 bridgehead atoms. The predicted octanol–water partition coefficient (Wildman–Crippen LogP) is 4.66. The second kappa shape index (κ2) is 8.56. The van der Waals surface area contributed by atoms with Crippen LogP contribution in [0.2, 0.25) is 5.02 Å². The molecule has 0 aliphatic heterocycles. The van der Waals surface area contributed by atoms with Crippen molar-refractivity contribution in [2.24, 2.45) is 5.10 Å². The molecule has 0 heterocycles. The number of hydrogen-bond donors (Lipinski definition) is 1. The van der Waals surface area contributed by atoms with Gasteiger partial charge in [-0.05, 0) is 47.5 Å². The van der Waals surface area contributed by atoms with Crippen LogP contribution < -0.4 is 14.9 Å². The molecule has 3 aromatic rings. The number of ether oxygens (including phenoxy) is 2. The van der Waals surface area contributed by atoms with Crippen LogP contribution in [0.4, 0.5) is 0 Å². The van der Waals surface area contributed by atoms with Crippen LogP contribution >= 0.6 is 11.6 Å². The summed E-state index contributed by atoms with van der Waals surface area (Å²) in [6.45, 7) is 2.35. The van der Waals surface area contributed by atoms with E-state index in [1.165, 1.54) is 13.3 Å². The summed E-state index contributed by atoms with van der Waals surface area (Å²) in [4.78, 5) is 12.3. The van der Waals surface area contributed by atoms with Crippen molar-refractivity contribution in [3.63, 3.8) is 0 Å². The second-order valence-corrected chi connectivity index (χ2v) is 6.14. The second-order valence-electron chi connectivity index (χ2n) is 5.73. The van der Waals surface area contributed by atoms with Gasteiger partial charge >= 0.3 is 0 Å². The molecule has 0 saturated heterocycles. The normalized spacial score (nSPS) is 10.9. The van der Waals surface area contributed by atoms with Crippen molar-refractivity contribution in [2.45, 2.75) is 6.92 Å². The van der Waals surface area contributed by atoms with Crippen molar-refractivity contribution in [1.29, 1.82) is 0 Å². The van der Waals surface area contributed by atoms with Crippen LogP contribution in [0.25, 0.3) is 10.8 Å². The number of halogens is 1. The molecule has 3 aromatic carbocycles. The van der Waals surface area contributed by atoms with Gasteiger partial charge in [0.1, 0.15) is 0 Å². The maximum absolute atomic E-state index is 12.3. The van der Waals surface area contributed by atoms with Crippen LogP contribution in [0.5, 0.6) is 11.5 Å². The highest BCUT2D eigenvalue weighted by Crippen LogP contribution is 2.35. The fraction of sp³-hybridized carbons (Fsp3) is 0.143. The van der Waals surface area contributed by atoms with Crippen LogP contribution in [0.15, 0.2) is 59.7 Å². The first kappa shape index (κ1) is 18.7. The zero-order valence-corrected chi connectivity index (χ0v) is 15.8. The van der Waals surface area contributed by atoms with Gasteiger partial charge in [-0.25, -0.2) is 5.43 Å². The molecule has 0 radical (unpaired) electrons. The Hall–Kier alpha value is -3.05. The number of nitrogens with zero attached hydrogens (tertiary/aromatic N) is 1. The Morgan fingerprint density at radius 3 is 2.67 bits per heavy atom. The van der Waals surface area contributed by atoms with E-state index in [-0.39, 0.29) is 5.91 Å². The standard InChI is InChI=1S/C21H19ClN2O3/c1-3-27-20-18(22)10-14(11-19(20)26-2)13-23-24-21(25)17-9-8-15-6-4-5-7-16(15)12-17/h4-13H,3H2,1-2H3,(H,24,25)/b23-13-. The molecule has 138 valence electrons. The smallest absolute Gasteiger partial charge is 0.271 e. The maximum atomic E-state index is 12.3. The van der Waals surface area contributed by atoms with Gasteiger partial charge in [-0.15, -0.1) is 0 Å². The lowest BCUT2D eigenvalue weighted by Crippen LogP contribution is -2.17. The molecule has 6 heteroatoms. The third-order valence-corrected chi connectivity index (χ3v) is 4.21. The van der Waals surface area contributed by atoms with Gasteiger partial charge in [0.25, 0.3) is 5.91 Å². The first-order valence-corrected chi connectivity index (χ1v) is 8.82. The Morgan fingerprint density at radius 1 is 1.15 bits per heavy atom. The molecule has 27 heavy (non-hydrogen) atoms. The zero-order valence-electron chi connectivity index (χ0n) is 15.0. The minimum absolute atomic E-state index is 0.291. The van der Waals surface area contributed by atoms with Gasteiger partial charge in [0, 0.05) is 5.56 Å². The number of carbonyl (C=O) groups is 1. The molecule has 0 aliphatic carbocycles. The summed E-state index contributed by atoms with van der Waals surface area (Å²) < 4.78 is 10.8. The van der Waals surface area contributed by atoms with Crippen LogP contribution in [-0.2, 0) is 0 Å². The molecule has 0 atom stereocenters. The number of amides is 1. The van der Waals surface area contributed by atoms with E-state index in [1.807, 2.05) is 43.3 Å². The van der Waals surface area contributed by atoms with Crippen molar-refractivity contribution in [3.8, 4) is 11.5 Å². The molecule has 0 unspecified atom stereocenters. The van der Waals surface area contributed by atoms with Crippen LogP contribution in [-0.4, -0.2) is 25.8 Å². The highest BCUT2D eigenvalue weighted by molar-refractivity contribution is 6.32. The number of rotatable bonds is 6. The third-order valence-electron chi connectivity index (χ3n) is 3.93. The van der Waals surface area contributed by atoms with Crippen LogP contribution in [0.1, 0.15) is 22.8 Å². The summed E-state index contributed by atoms with van der Waals surface area (Å²) in [5.74, 6) is 0.701. The van der Waals surface area contributed by atoms with Crippen molar-refractivity contribution in [2.75, 3.05) is 13.7 Å². The number of benzene rings is 3. The van der Waals surface area contributed by atoms with E-state index in [9.17, 15) is 4.79 Å². The van der Waals surface area contributed by atoms with E-state index >= 15 is 0 Å². The Balaban J connectivity index is 1.74. The van der Waals surface area contributed by atoms with Crippen molar-refractivity contribution >= 4 is 34.5 Å². The van der Waals surface area contributed by atoms with Gasteiger partial charge in [-0.3, -0.25) is 4.79 Å². The van der Waals surface area contributed by atoms with E-state index < -0.39 is 0 Å². The van der Waals surface area contributed by atoms with Crippen molar-refractivity contribution in [1.82, 2.24) is 5.43 Å². The van der Waals surface area contributed by atoms with E-state index in [0.717, 1.165) is 10.8 Å². The first-order valence-electron chi connectivity index (χ1n) is 8.45. The lowest BCUT2D eigenvalue weighted by atomic mass is 10.1. The monoisotopic (exact) mass is 382 g/mol. The van der Waals surface area contributed by atoms with Gasteiger partial charge < -0.3 is 9.47 Å². The lowest BCUT2D eigenvalue weighted by molar-refractivity contribution is 0.0955. The molecule has 0 fully saturated rings. The Bertz CT molecular complexity index is 1000. The number of methoxy groups -OCH3 is 1. The van der Waals surface area contributed by atoms with Crippen LogP contribution in [0.3, 0.4) is 0 Å². The van der Waals surface area contributed by atoms with Gasteiger partial charge in [-0.1, -0.05) is 41.9 Å². The van der Waals surface area contributed by atoms with Crippen LogP contribution in [0, 0.1) is 0 Å². The lowest BCUT2D eigenvalue weighted by Gasteiger charge is -2.11. The highest BCUT2D eigenvalue weighted by atomic mass is 35.5. The summed E-state index contributed by atoms with van der Waals surface area (Å²) in [5, 5.41) is 6.50. The van der Waals surface area contributed by atoms with E-state index in [1.54, 1.807) is 18.2 Å². The van der Waals surface area contributed by atoms with E-state index in [2.05, 4.69) is 10.5 Å². The Labute approximate surface area is 162 Å². The maximum Gasteiger partial charge on any atom is 0.271 e. The molecule has 1 N–H and O–H groups in total. The van der Waals surface area contributed by atoms with Gasteiger partial charge in [-0.2, -0.15) is 5.10 Å². The molecule has 1 amide bonds. The van der Waals surface area contributed by atoms with E-state index in [0.29, 0.717) is 34.3 Å². The predicted molar refractivity (Wildman–Crippen MR) is 108 cm³/mol. The summed E-state index contributed by atoms with van der Waals surface area (Å²) in [6, 6.07) is 16.8. The van der Waals surface area contributed by atoms with Crippen molar-refractivity contribution in [3.05, 3.63) is 70.7 Å². The number of carbonyl (C=O) groups excluding carboxylic acids is 1.